The van der Waals surface area contributed by atoms with E-state index in [2.05, 4.69) is 49.4 Å². The molecule has 0 unspecified atom stereocenters. The van der Waals surface area contributed by atoms with E-state index in [-0.39, 0.29) is 0 Å². The molecule has 1 heterocycles. The van der Waals surface area contributed by atoms with Gasteiger partial charge < -0.3 is 0 Å². The van der Waals surface area contributed by atoms with Crippen LogP contribution >= 0.6 is 0 Å². The van der Waals surface area contributed by atoms with Crippen LogP contribution in [0.2, 0.25) is 0 Å². The fraction of sp³-hybridized carbons (Fsp3) is 0.278. The first kappa shape index (κ1) is 13.5. The van der Waals surface area contributed by atoms with Gasteiger partial charge in [0.15, 0.2) is 0 Å². The number of hydrogen-bond acceptors (Lipinski definition) is 1. The number of aryl methyl sites for hydroxylation is 1. The summed E-state index contributed by atoms with van der Waals surface area (Å²) in [7, 11) is 0. The standard InChI is InChI=1S/C16H15N.C2H6/c1-12-11-16(13-7-3-2-4-8-13)17-15-10-6-5-9-14(12)15;1-2/h3,5-11H,2,4H2,1H3;1-2H3. The summed E-state index contributed by atoms with van der Waals surface area (Å²) >= 11 is 0. The summed E-state index contributed by atoms with van der Waals surface area (Å²) in [4.78, 5) is 4.74. The first-order chi connectivity index (χ1) is 9.34. The number of hydrogen-bond donors (Lipinski definition) is 0. The molecular weight excluding hydrogens is 230 g/mol. The van der Waals surface area contributed by atoms with Gasteiger partial charge in [0.25, 0.3) is 0 Å². The maximum Gasteiger partial charge on any atom is 0.0712 e. The number of para-hydroxylation sites is 1. The highest BCUT2D eigenvalue weighted by Crippen LogP contribution is 2.24. The zero-order valence-corrected chi connectivity index (χ0v) is 12.0. The molecule has 0 saturated heterocycles. The SMILES string of the molecule is CC.Cc1cc(C2=CCCC=C2)nc2ccccc12. The minimum atomic E-state index is 1.09. The van der Waals surface area contributed by atoms with Crippen molar-refractivity contribution >= 4 is 16.5 Å². The summed E-state index contributed by atoms with van der Waals surface area (Å²) in [6.07, 6.45) is 8.95. The van der Waals surface area contributed by atoms with Crippen molar-refractivity contribution in [3.63, 3.8) is 0 Å². The third-order valence-corrected chi connectivity index (χ3v) is 3.21. The average Bonchev–Trinajstić information content (AvgIpc) is 2.50. The van der Waals surface area contributed by atoms with Crippen LogP contribution in [-0.2, 0) is 0 Å². The van der Waals surface area contributed by atoms with E-state index < -0.39 is 0 Å². The summed E-state index contributed by atoms with van der Waals surface area (Å²) in [6, 6.07) is 10.5. The smallest absolute Gasteiger partial charge is 0.0712 e. The summed E-state index contributed by atoms with van der Waals surface area (Å²) in [5, 5.41) is 1.25. The maximum absolute atomic E-state index is 4.74. The zero-order chi connectivity index (χ0) is 13.7. The highest BCUT2D eigenvalue weighted by molar-refractivity contribution is 5.85. The van der Waals surface area contributed by atoms with Crippen molar-refractivity contribution in [1.29, 1.82) is 0 Å². The predicted molar refractivity (Wildman–Crippen MR) is 84.2 cm³/mol. The van der Waals surface area contributed by atoms with Crippen molar-refractivity contribution in [2.45, 2.75) is 33.6 Å². The molecule has 0 aliphatic heterocycles. The lowest BCUT2D eigenvalue weighted by Gasteiger charge is -2.09. The van der Waals surface area contributed by atoms with Crippen molar-refractivity contribution in [3.05, 3.63) is 59.8 Å². The van der Waals surface area contributed by atoms with Crippen molar-refractivity contribution in [1.82, 2.24) is 4.98 Å². The molecule has 1 nitrogen and oxygen atoms in total. The number of rotatable bonds is 1. The van der Waals surface area contributed by atoms with Crippen LogP contribution < -0.4 is 0 Å². The summed E-state index contributed by atoms with van der Waals surface area (Å²) < 4.78 is 0. The van der Waals surface area contributed by atoms with Gasteiger partial charge in [0.05, 0.1) is 11.2 Å². The Balaban J connectivity index is 0.000000637. The Morgan fingerprint density at radius 1 is 1.05 bits per heavy atom. The fourth-order valence-electron chi connectivity index (χ4n) is 2.30. The molecule has 0 radical (unpaired) electrons. The molecule has 1 aliphatic rings. The molecule has 0 atom stereocenters. The van der Waals surface area contributed by atoms with E-state index >= 15 is 0 Å². The molecule has 19 heavy (non-hydrogen) atoms. The molecule has 0 amide bonds. The molecule has 0 bridgehead atoms. The summed E-state index contributed by atoms with van der Waals surface area (Å²) in [5.41, 5.74) is 4.73. The van der Waals surface area contributed by atoms with Crippen LogP contribution in [0.5, 0.6) is 0 Å². The Morgan fingerprint density at radius 2 is 1.84 bits per heavy atom. The number of aromatic nitrogens is 1. The van der Waals surface area contributed by atoms with Gasteiger partial charge in [-0.2, -0.15) is 0 Å². The minimum Gasteiger partial charge on any atom is -0.248 e. The Bertz CT molecular complexity index is 621. The van der Waals surface area contributed by atoms with Gasteiger partial charge in [-0.15, -0.1) is 0 Å². The quantitative estimate of drug-likeness (QED) is 0.670. The van der Waals surface area contributed by atoms with Gasteiger partial charge in [-0.05, 0) is 43.0 Å². The van der Waals surface area contributed by atoms with E-state index in [1.54, 1.807) is 0 Å². The zero-order valence-electron chi connectivity index (χ0n) is 12.0. The largest absolute Gasteiger partial charge is 0.248 e. The summed E-state index contributed by atoms with van der Waals surface area (Å²) in [6.45, 7) is 6.15. The Morgan fingerprint density at radius 3 is 2.58 bits per heavy atom. The molecule has 3 rings (SSSR count). The molecule has 1 aromatic carbocycles. The second-order valence-corrected chi connectivity index (χ2v) is 4.48. The first-order valence-corrected chi connectivity index (χ1v) is 7.08. The number of fused-ring (bicyclic) bond motifs is 1. The van der Waals surface area contributed by atoms with E-state index in [9.17, 15) is 0 Å². The highest BCUT2D eigenvalue weighted by Gasteiger charge is 2.06. The molecule has 98 valence electrons. The van der Waals surface area contributed by atoms with E-state index in [4.69, 9.17) is 4.98 Å². The average molecular weight is 251 g/mol. The van der Waals surface area contributed by atoms with Gasteiger partial charge in [0.1, 0.15) is 0 Å². The lowest BCUT2D eigenvalue weighted by Crippen LogP contribution is -1.93. The molecule has 0 fully saturated rings. The van der Waals surface area contributed by atoms with Crippen LogP contribution in [0.1, 0.15) is 37.9 Å². The van der Waals surface area contributed by atoms with Gasteiger partial charge >= 0.3 is 0 Å². The lowest BCUT2D eigenvalue weighted by molar-refractivity contribution is 1.04. The van der Waals surface area contributed by atoms with E-state index in [1.165, 1.54) is 16.5 Å². The predicted octanol–water partition coefficient (Wildman–Crippen LogP) is 5.30. The van der Waals surface area contributed by atoms with Crippen LogP contribution in [0, 0.1) is 6.92 Å². The van der Waals surface area contributed by atoms with Crippen molar-refractivity contribution in [2.24, 2.45) is 0 Å². The molecule has 1 aromatic heterocycles. The van der Waals surface area contributed by atoms with Gasteiger partial charge in [-0.1, -0.05) is 50.3 Å². The molecule has 2 aromatic rings. The van der Waals surface area contributed by atoms with Gasteiger partial charge in [0, 0.05) is 5.39 Å². The molecule has 1 heteroatoms. The first-order valence-electron chi connectivity index (χ1n) is 7.08. The van der Waals surface area contributed by atoms with Crippen LogP contribution in [0.4, 0.5) is 0 Å². The van der Waals surface area contributed by atoms with Crippen molar-refractivity contribution in [2.75, 3.05) is 0 Å². The summed E-state index contributed by atoms with van der Waals surface area (Å²) in [5.74, 6) is 0. The third kappa shape index (κ3) is 2.93. The topological polar surface area (TPSA) is 12.9 Å². The maximum atomic E-state index is 4.74. The van der Waals surface area contributed by atoms with Crippen LogP contribution in [0.15, 0.2) is 48.6 Å². The van der Waals surface area contributed by atoms with Crippen molar-refractivity contribution in [3.8, 4) is 0 Å². The second-order valence-electron chi connectivity index (χ2n) is 4.48. The monoisotopic (exact) mass is 251 g/mol. The fourth-order valence-corrected chi connectivity index (χ4v) is 2.30. The number of pyridine rings is 1. The Labute approximate surface area is 115 Å². The molecule has 1 aliphatic carbocycles. The molecular formula is C18H21N. The number of benzene rings is 1. The second kappa shape index (κ2) is 6.33. The van der Waals surface area contributed by atoms with Crippen LogP contribution in [0.3, 0.4) is 0 Å². The van der Waals surface area contributed by atoms with E-state index in [1.807, 2.05) is 19.9 Å². The van der Waals surface area contributed by atoms with Gasteiger partial charge in [0.2, 0.25) is 0 Å². The van der Waals surface area contributed by atoms with Gasteiger partial charge in [-0.3, -0.25) is 0 Å². The number of allylic oxidation sites excluding steroid dienone is 4. The molecule has 0 spiro atoms. The van der Waals surface area contributed by atoms with Crippen LogP contribution in [0.25, 0.3) is 16.5 Å². The van der Waals surface area contributed by atoms with E-state index in [0.717, 1.165) is 24.1 Å². The highest BCUT2D eigenvalue weighted by atomic mass is 14.7. The van der Waals surface area contributed by atoms with Gasteiger partial charge in [-0.25, -0.2) is 4.98 Å². The minimum absolute atomic E-state index is 1.09. The normalized spacial score (nSPS) is 13.7. The van der Waals surface area contributed by atoms with Crippen LogP contribution in [-0.4, -0.2) is 4.98 Å². The third-order valence-electron chi connectivity index (χ3n) is 3.21. The van der Waals surface area contributed by atoms with E-state index in [0.29, 0.717) is 0 Å². The Hall–Kier alpha value is -1.89. The van der Waals surface area contributed by atoms with Crippen molar-refractivity contribution < 1.29 is 0 Å². The number of nitrogens with zero attached hydrogens (tertiary/aromatic N) is 1. The molecule has 0 N–H and O–H groups in total. The Kier molecular flexibility index (Phi) is 4.51. The lowest BCUT2D eigenvalue weighted by atomic mass is 10.0. The molecule has 0 saturated carbocycles.